The molecule has 0 saturated carbocycles. The number of nitrogens with one attached hydrogen (secondary N) is 1. The van der Waals surface area contributed by atoms with Crippen LogP contribution in [0.15, 0.2) is 18.2 Å². The van der Waals surface area contributed by atoms with Crippen LogP contribution in [0.4, 0.5) is 19.3 Å². The van der Waals surface area contributed by atoms with E-state index in [4.69, 9.17) is 11.6 Å². The minimum absolute atomic E-state index is 0.0240. The van der Waals surface area contributed by atoms with Gasteiger partial charge in [0.2, 0.25) is 0 Å². The lowest BCUT2D eigenvalue weighted by atomic mass is 10.3. The summed E-state index contributed by atoms with van der Waals surface area (Å²) in [7, 11) is 0. The molecule has 3 nitrogen and oxygen atoms in total. The van der Waals surface area contributed by atoms with Crippen molar-refractivity contribution in [2.24, 2.45) is 0 Å². The first-order valence-electron chi connectivity index (χ1n) is 4.08. The molecule has 6 heteroatoms. The summed E-state index contributed by atoms with van der Waals surface area (Å²) in [6, 6.07) is 2.80. The summed E-state index contributed by atoms with van der Waals surface area (Å²) in [6.45, 7) is 0.0240. The zero-order chi connectivity index (χ0) is 11.3. The quantitative estimate of drug-likeness (QED) is 0.818. The van der Waals surface area contributed by atoms with Gasteiger partial charge in [-0.2, -0.15) is 0 Å². The van der Waals surface area contributed by atoms with E-state index < -0.39 is 17.7 Å². The van der Waals surface area contributed by atoms with Crippen LogP contribution < -0.4 is 5.32 Å². The van der Waals surface area contributed by atoms with Gasteiger partial charge in [-0.15, -0.1) is 11.6 Å². The molecular weight excluding hydrogens is 228 g/mol. The molecule has 0 aliphatic rings. The summed E-state index contributed by atoms with van der Waals surface area (Å²) < 4.78 is 30.0. The Hall–Kier alpha value is -1.36. The molecule has 0 aromatic heterocycles. The van der Waals surface area contributed by atoms with Crippen molar-refractivity contribution < 1.29 is 18.3 Å². The van der Waals surface area contributed by atoms with E-state index in [-0.39, 0.29) is 18.2 Å². The van der Waals surface area contributed by atoms with Crippen molar-refractivity contribution in [1.29, 1.82) is 0 Å². The third-order valence-electron chi connectivity index (χ3n) is 1.48. The number of rotatable bonds is 3. The van der Waals surface area contributed by atoms with Crippen molar-refractivity contribution in [1.82, 2.24) is 0 Å². The molecule has 1 aromatic carbocycles. The van der Waals surface area contributed by atoms with Crippen LogP contribution in [0.2, 0.25) is 0 Å². The van der Waals surface area contributed by atoms with Gasteiger partial charge in [0.15, 0.2) is 0 Å². The first-order valence-corrected chi connectivity index (χ1v) is 4.61. The van der Waals surface area contributed by atoms with Crippen LogP contribution in [-0.4, -0.2) is 18.6 Å². The highest BCUT2D eigenvalue weighted by atomic mass is 35.5. The van der Waals surface area contributed by atoms with Crippen molar-refractivity contribution in [3.05, 3.63) is 29.8 Å². The highest BCUT2D eigenvalue weighted by Crippen LogP contribution is 2.14. The first kappa shape index (κ1) is 11.7. The van der Waals surface area contributed by atoms with Gasteiger partial charge in [-0.1, -0.05) is 0 Å². The molecule has 0 heterocycles. The Bertz CT molecular complexity index is 360. The number of ether oxygens (including phenoxy) is 1. The maximum atomic E-state index is 13.0. The second-order valence-corrected chi connectivity index (χ2v) is 2.95. The van der Waals surface area contributed by atoms with Crippen molar-refractivity contribution in [3.8, 4) is 0 Å². The maximum absolute atomic E-state index is 13.0. The number of carbonyl (C=O) groups excluding carboxylic acids is 1. The van der Waals surface area contributed by atoms with Gasteiger partial charge in [-0.05, 0) is 12.1 Å². The SMILES string of the molecule is O=C(Nc1ccc(F)cc1F)OCCCl. The molecule has 0 saturated heterocycles. The van der Waals surface area contributed by atoms with Crippen molar-refractivity contribution in [2.45, 2.75) is 0 Å². The summed E-state index contributed by atoms with van der Waals surface area (Å²) in [5.74, 6) is -1.43. The summed E-state index contributed by atoms with van der Waals surface area (Å²) in [6.07, 6.45) is -0.832. The molecule has 0 bridgehead atoms. The van der Waals surface area contributed by atoms with Crippen LogP contribution in [-0.2, 0) is 4.74 Å². The van der Waals surface area contributed by atoms with Crippen molar-refractivity contribution >= 4 is 23.4 Å². The number of hydrogen-bond donors (Lipinski definition) is 1. The molecular formula is C9H8ClF2NO2. The van der Waals surface area contributed by atoms with Gasteiger partial charge in [0.05, 0.1) is 11.6 Å². The molecule has 1 amide bonds. The van der Waals surface area contributed by atoms with Crippen LogP contribution >= 0.6 is 11.6 Å². The molecule has 0 radical (unpaired) electrons. The van der Waals surface area contributed by atoms with Crippen LogP contribution in [0.25, 0.3) is 0 Å². The average Bonchev–Trinajstić information content (AvgIpc) is 2.19. The molecule has 15 heavy (non-hydrogen) atoms. The largest absolute Gasteiger partial charge is 0.448 e. The van der Waals surface area contributed by atoms with Gasteiger partial charge in [0.25, 0.3) is 0 Å². The van der Waals surface area contributed by atoms with Gasteiger partial charge in [0.1, 0.15) is 18.2 Å². The zero-order valence-corrected chi connectivity index (χ0v) is 8.35. The lowest BCUT2D eigenvalue weighted by molar-refractivity contribution is 0.168. The van der Waals surface area contributed by atoms with E-state index in [0.29, 0.717) is 6.07 Å². The smallest absolute Gasteiger partial charge is 0.411 e. The number of alkyl halides is 1. The number of anilines is 1. The lowest BCUT2D eigenvalue weighted by Crippen LogP contribution is -2.15. The predicted molar refractivity (Wildman–Crippen MR) is 52.0 cm³/mol. The fraction of sp³-hybridized carbons (Fsp3) is 0.222. The molecule has 1 N–H and O–H groups in total. The molecule has 0 unspecified atom stereocenters. The van der Waals surface area contributed by atoms with Gasteiger partial charge in [0, 0.05) is 6.07 Å². The molecule has 0 atom stereocenters. The van der Waals surface area contributed by atoms with Gasteiger partial charge in [-0.25, -0.2) is 13.6 Å². The number of hydrogen-bond acceptors (Lipinski definition) is 2. The van der Waals surface area contributed by atoms with E-state index in [1.54, 1.807) is 0 Å². The van der Waals surface area contributed by atoms with Crippen LogP contribution in [0.1, 0.15) is 0 Å². The number of benzene rings is 1. The second-order valence-electron chi connectivity index (χ2n) is 2.57. The topological polar surface area (TPSA) is 38.3 Å². The Morgan fingerprint density at radius 1 is 1.47 bits per heavy atom. The third kappa shape index (κ3) is 3.71. The predicted octanol–water partition coefficient (Wildman–Crippen LogP) is 2.75. The number of halogens is 3. The second kappa shape index (κ2) is 5.50. The van der Waals surface area contributed by atoms with Crippen molar-refractivity contribution in [2.75, 3.05) is 17.8 Å². The van der Waals surface area contributed by atoms with E-state index in [9.17, 15) is 13.6 Å². The Kier molecular flexibility index (Phi) is 4.30. The standard InChI is InChI=1S/C9H8ClF2NO2/c10-3-4-15-9(14)13-8-2-1-6(11)5-7(8)12/h1-2,5H,3-4H2,(H,13,14). The fourth-order valence-electron chi connectivity index (χ4n) is 0.868. The van der Waals surface area contributed by atoms with E-state index in [2.05, 4.69) is 10.1 Å². The van der Waals surface area contributed by atoms with E-state index in [1.807, 2.05) is 0 Å². The monoisotopic (exact) mass is 235 g/mol. The van der Waals surface area contributed by atoms with Crippen LogP contribution in [0.3, 0.4) is 0 Å². The van der Waals surface area contributed by atoms with E-state index >= 15 is 0 Å². The summed E-state index contributed by atoms with van der Waals surface area (Å²) >= 11 is 5.27. The Labute approximate surface area is 90.0 Å². The number of amides is 1. The highest BCUT2D eigenvalue weighted by molar-refractivity contribution is 6.18. The minimum atomic E-state index is -0.863. The van der Waals surface area contributed by atoms with E-state index in [1.165, 1.54) is 0 Å². The molecule has 82 valence electrons. The van der Waals surface area contributed by atoms with E-state index in [0.717, 1.165) is 12.1 Å². The highest BCUT2D eigenvalue weighted by Gasteiger charge is 2.08. The Morgan fingerprint density at radius 3 is 2.80 bits per heavy atom. The zero-order valence-electron chi connectivity index (χ0n) is 7.60. The average molecular weight is 236 g/mol. The third-order valence-corrected chi connectivity index (χ3v) is 1.63. The van der Waals surface area contributed by atoms with Crippen LogP contribution in [0, 0.1) is 11.6 Å². The van der Waals surface area contributed by atoms with Crippen molar-refractivity contribution in [3.63, 3.8) is 0 Å². The summed E-state index contributed by atoms with van der Waals surface area (Å²) in [4.78, 5) is 11.0. The molecule has 0 spiro atoms. The van der Waals surface area contributed by atoms with Gasteiger partial charge < -0.3 is 4.74 Å². The molecule has 0 aliphatic carbocycles. The summed E-state index contributed by atoms with van der Waals surface area (Å²) in [5.41, 5.74) is -0.143. The lowest BCUT2D eigenvalue weighted by Gasteiger charge is -2.06. The Morgan fingerprint density at radius 2 is 2.20 bits per heavy atom. The van der Waals surface area contributed by atoms with Gasteiger partial charge in [-0.3, -0.25) is 5.32 Å². The normalized spacial score (nSPS) is 9.80. The molecule has 0 fully saturated rings. The molecule has 1 aromatic rings. The first-order chi connectivity index (χ1) is 7.13. The maximum Gasteiger partial charge on any atom is 0.411 e. The van der Waals surface area contributed by atoms with Crippen LogP contribution in [0.5, 0.6) is 0 Å². The minimum Gasteiger partial charge on any atom is -0.448 e. The Balaban J connectivity index is 2.60. The summed E-state index contributed by atoms with van der Waals surface area (Å²) in [5, 5.41) is 2.11. The molecule has 0 aliphatic heterocycles. The number of carbonyl (C=O) groups is 1. The fourth-order valence-corrected chi connectivity index (χ4v) is 0.945. The molecule has 1 rings (SSSR count). The van der Waals surface area contributed by atoms with Gasteiger partial charge >= 0.3 is 6.09 Å².